The van der Waals surface area contributed by atoms with Crippen LogP contribution in [0.5, 0.6) is 0 Å². The fourth-order valence-corrected chi connectivity index (χ4v) is 0.914. The molecule has 1 atom stereocenters. The summed E-state index contributed by atoms with van der Waals surface area (Å²) < 4.78 is 0. The standard InChI is InChI=1S/C7H13N3O2/c1-4(2)7(3)5(11)8-6(12)9-10-7/h4,10H,1-3H3,(H2,8,9,11,12)/t7-/m1/s1. The molecule has 0 aromatic carbocycles. The van der Waals surface area contributed by atoms with Crippen molar-refractivity contribution in [2.24, 2.45) is 5.92 Å². The van der Waals surface area contributed by atoms with Crippen LogP contribution in [0, 0.1) is 5.92 Å². The van der Waals surface area contributed by atoms with Gasteiger partial charge in [0.15, 0.2) is 0 Å². The average Bonchev–Trinajstić information content (AvgIpc) is 1.97. The third kappa shape index (κ3) is 1.27. The predicted octanol–water partition coefficient (Wildman–Crippen LogP) is -0.255. The Labute approximate surface area is 70.9 Å². The van der Waals surface area contributed by atoms with E-state index in [-0.39, 0.29) is 11.8 Å². The van der Waals surface area contributed by atoms with E-state index in [1.54, 1.807) is 6.92 Å². The van der Waals surface area contributed by atoms with Crippen molar-refractivity contribution < 1.29 is 9.59 Å². The molecule has 1 saturated heterocycles. The van der Waals surface area contributed by atoms with Crippen LogP contribution in [0.25, 0.3) is 0 Å². The third-order valence-electron chi connectivity index (χ3n) is 2.29. The van der Waals surface area contributed by atoms with E-state index < -0.39 is 11.6 Å². The SMILES string of the molecule is CC(C)[C@@]1(C)NNC(=O)NC1=O. The summed E-state index contributed by atoms with van der Waals surface area (Å²) in [5, 5.41) is 2.20. The number of nitrogens with one attached hydrogen (secondary N) is 3. The van der Waals surface area contributed by atoms with Crippen LogP contribution in [0.15, 0.2) is 0 Å². The van der Waals surface area contributed by atoms with Crippen LogP contribution in [-0.2, 0) is 4.79 Å². The number of carbonyl (C=O) groups excluding carboxylic acids is 2. The first-order chi connectivity index (χ1) is 5.47. The van der Waals surface area contributed by atoms with E-state index in [2.05, 4.69) is 16.2 Å². The zero-order valence-corrected chi connectivity index (χ0v) is 7.39. The lowest BCUT2D eigenvalue weighted by molar-refractivity contribution is -0.129. The highest BCUT2D eigenvalue weighted by atomic mass is 16.2. The first-order valence-corrected chi connectivity index (χ1v) is 3.85. The van der Waals surface area contributed by atoms with Gasteiger partial charge in [0, 0.05) is 0 Å². The van der Waals surface area contributed by atoms with Gasteiger partial charge >= 0.3 is 6.03 Å². The van der Waals surface area contributed by atoms with E-state index in [0.717, 1.165) is 0 Å². The fraction of sp³-hybridized carbons (Fsp3) is 0.714. The molecule has 1 fully saturated rings. The van der Waals surface area contributed by atoms with Crippen molar-refractivity contribution in [3.05, 3.63) is 0 Å². The quantitative estimate of drug-likeness (QED) is 0.509. The second kappa shape index (κ2) is 2.75. The monoisotopic (exact) mass is 171 g/mol. The van der Waals surface area contributed by atoms with Gasteiger partial charge in [-0.25, -0.2) is 10.2 Å². The molecule has 5 heteroatoms. The number of hydrazine groups is 1. The summed E-state index contributed by atoms with van der Waals surface area (Å²) in [7, 11) is 0. The molecule has 5 nitrogen and oxygen atoms in total. The minimum Gasteiger partial charge on any atom is -0.275 e. The molecule has 12 heavy (non-hydrogen) atoms. The van der Waals surface area contributed by atoms with Crippen molar-refractivity contribution in [1.29, 1.82) is 0 Å². The zero-order valence-electron chi connectivity index (χ0n) is 7.39. The fourth-order valence-electron chi connectivity index (χ4n) is 0.914. The number of urea groups is 1. The topological polar surface area (TPSA) is 70.2 Å². The Morgan fingerprint density at radius 1 is 1.33 bits per heavy atom. The molecule has 3 N–H and O–H groups in total. The van der Waals surface area contributed by atoms with Gasteiger partial charge in [-0.3, -0.25) is 15.5 Å². The van der Waals surface area contributed by atoms with Crippen LogP contribution in [0.1, 0.15) is 20.8 Å². The van der Waals surface area contributed by atoms with Gasteiger partial charge in [-0.1, -0.05) is 13.8 Å². The van der Waals surface area contributed by atoms with Gasteiger partial charge < -0.3 is 0 Å². The summed E-state index contributed by atoms with van der Waals surface area (Å²) in [5.74, 6) is -0.181. The van der Waals surface area contributed by atoms with Gasteiger partial charge in [0.05, 0.1) is 0 Å². The molecule has 68 valence electrons. The van der Waals surface area contributed by atoms with Gasteiger partial charge in [-0.05, 0) is 12.8 Å². The first-order valence-electron chi connectivity index (χ1n) is 3.85. The Balaban J connectivity index is 2.80. The molecule has 0 radical (unpaired) electrons. The Morgan fingerprint density at radius 3 is 2.33 bits per heavy atom. The van der Waals surface area contributed by atoms with Crippen LogP contribution < -0.4 is 16.2 Å². The lowest BCUT2D eigenvalue weighted by Gasteiger charge is -2.36. The highest BCUT2D eigenvalue weighted by molar-refractivity contribution is 6.01. The number of amides is 3. The zero-order chi connectivity index (χ0) is 9.35. The van der Waals surface area contributed by atoms with Crippen molar-refractivity contribution in [1.82, 2.24) is 16.2 Å². The van der Waals surface area contributed by atoms with E-state index in [9.17, 15) is 9.59 Å². The molecule has 3 amide bonds. The molecule has 0 saturated carbocycles. The Hall–Kier alpha value is -1.10. The largest absolute Gasteiger partial charge is 0.335 e. The van der Waals surface area contributed by atoms with E-state index in [1.807, 2.05) is 13.8 Å². The number of rotatable bonds is 1. The van der Waals surface area contributed by atoms with Crippen LogP contribution in [0.2, 0.25) is 0 Å². The molecule has 0 aliphatic carbocycles. The maximum Gasteiger partial charge on any atom is 0.335 e. The second-order valence-electron chi connectivity index (χ2n) is 3.39. The summed E-state index contributed by atoms with van der Waals surface area (Å²) in [6.45, 7) is 5.56. The number of imide groups is 1. The lowest BCUT2D eigenvalue weighted by Crippen LogP contribution is -2.71. The minimum atomic E-state index is -0.714. The maximum absolute atomic E-state index is 11.3. The summed E-state index contributed by atoms with van der Waals surface area (Å²) in [4.78, 5) is 22.0. The molecule has 1 rings (SSSR count). The minimum absolute atomic E-state index is 0.109. The van der Waals surface area contributed by atoms with E-state index >= 15 is 0 Å². The van der Waals surface area contributed by atoms with Crippen LogP contribution in [-0.4, -0.2) is 17.5 Å². The summed E-state index contributed by atoms with van der Waals surface area (Å²) in [6.07, 6.45) is 0. The van der Waals surface area contributed by atoms with Crippen molar-refractivity contribution in [2.45, 2.75) is 26.3 Å². The Kier molecular flexibility index (Phi) is 2.06. The molecule has 0 aromatic rings. The van der Waals surface area contributed by atoms with Gasteiger partial charge in [0.2, 0.25) is 5.91 Å². The van der Waals surface area contributed by atoms with Crippen molar-refractivity contribution in [2.75, 3.05) is 0 Å². The highest BCUT2D eigenvalue weighted by Gasteiger charge is 2.40. The molecule has 1 aliphatic heterocycles. The molecule has 1 heterocycles. The van der Waals surface area contributed by atoms with Crippen molar-refractivity contribution in [3.8, 4) is 0 Å². The molecule has 0 bridgehead atoms. The third-order valence-corrected chi connectivity index (χ3v) is 2.29. The molecule has 1 aliphatic rings. The molecule has 0 aromatic heterocycles. The molecular weight excluding hydrogens is 158 g/mol. The summed E-state index contributed by atoms with van der Waals surface area (Å²) >= 11 is 0. The normalized spacial score (nSPS) is 30.0. The van der Waals surface area contributed by atoms with Crippen LogP contribution in [0.3, 0.4) is 0 Å². The average molecular weight is 171 g/mol. The van der Waals surface area contributed by atoms with Gasteiger partial charge in [-0.15, -0.1) is 0 Å². The van der Waals surface area contributed by atoms with E-state index in [0.29, 0.717) is 0 Å². The number of hydrogen-bond donors (Lipinski definition) is 3. The van der Waals surface area contributed by atoms with Crippen LogP contribution >= 0.6 is 0 Å². The molecule has 0 unspecified atom stereocenters. The van der Waals surface area contributed by atoms with Crippen molar-refractivity contribution >= 4 is 11.9 Å². The van der Waals surface area contributed by atoms with Crippen molar-refractivity contribution in [3.63, 3.8) is 0 Å². The summed E-state index contributed by atoms with van der Waals surface area (Å²) in [6, 6.07) is -0.502. The summed E-state index contributed by atoms with van der Waals surface area (Å²) in [5.41, 5.74) is 4.33. The van der Waals surface area contributed by atoms with Gasteiger partial charge in [0.25, 0.3) is 0 Å². The maximum atomic E-state index is 11.3. The first kappa shape index (κ1) is 8.99. The van der Waals surface area contributed by atoms with E-state index in [1.165, 1.54) is 0 Å². The van der Waals surface area contributed by atoms with E-state index in [4.69, 9.17) is 0 Å². The lowest BCUT2D eigenvalue weighted by atomic mass is 9.88. The number of hydrogen-bond acceptors (Lipinski definition) is 3. The predicted molar refractivity (Wildman–Crippen MR) is 43.1 cm³/mol. The number of carbonyl (C=O) groups is 2. The smallest absolute Gasteiger partial charge is 0.275 e. The van der Waals surface area contributed by atoms with Crippen LogP contribution in [0.4, 0.5) is 4.79 Å². The second-order valence-corrected chi connectivity index (χ2v) is 3.39. The Morgan fingerprint density at radius 2 is 1.92 bits per heavy atom. The van der Waals surface area contributed by atoms with Gasteiger partial charge in [0.1, 0.15) is 5.54 Å². The molecular formula is C7H13N3O2. The Bertz CT molecular complexity index is 227. The van der Waals surface area contributed by atoms with Gasteiger partial charge in [-0.2, -0.15) is 0 Å². The highest BCUT2D eigenvalue weighted by Crippen LogP contribution is 2.16. The molecule has 0 spiro atoms.